The summed E-state index contributed by atoms with van der Waals surface area (Å²) in [5.41, 5.74) is 0. The first-order chi connectivity index (χ1) is 6.24. The van der Waals surface area contributed by atoms with E-state index in [0.29, 0.717) is 0 Å². The van der Waals surface area contributed by atoms with Gasteiger partial charge in [-0.05, 0) is 19.3 Å². The molecule has 1 aliphatic rings. The van der Waals surface area contributed by atoms with E-state index in [-0.39, 0.29) is 12.5 Å². The summed E-state index contributed by atoms with van der Waals surface area (Å²) < 4.78 is 0. The number of thiocarbonyl (C=S) groups is 1. The zero-order valence-corrected chi connectivity index (χ0v) is 8.51. The van der Waals surface area contributed by atoms with Crippen LogP contribution in [0, 0.1) is 0 Å². The van der Waals surface area contributed by atoms with E-state index in [1.165, 1.54) is 0 Å². The second-order valence-electron chi connectivity index (χ2n) is 3.09. The van der Waals surface area contributed by atoms with Gasteiger partial charge in [-0.2, -0.15) is 0 Å². The maximum absolute atomic E-state index is 11.4. The predicted octanol–water partition coefficient (Wildman–Crippen LogP) is -0.137. The number of hydrogen-bond donors (Lipinski definition) is 0. The molecule has 0 aromatic rings. The number of hydrogen-bond acceptors (Lipinski definition) is 4. The van der Waals surface area contributed by atoms with Gasteiger partial charge < -0.3 is 9.80 Å². The van der Waals surface area contributed by atoms with Crippen LogP contribution in [0.5, 0.6) is 0 Å². The predicted molar refractivity (Wildman–Crippen MR) is 54.0 cm³/mol. The van der Waals surface area contributed by atoms with Crippen molar-refractivity contribution in [1.29, 1.82) is 0 Å². The van der Waals surface area contributed by atoms with E-state index in [4.69, 9.17) is 0 Å². The van der Waals surface area contributed by atoms with Gasteiger partial charge in [0, 0.05) is 26.2 Å². The van der Waals surface area contributed by atoms with Gasteiger partial charge in [0.25, 0.3) is 0 Å². The van der Waals surface area contributed by atoms with Crippen molar-refractivity contribution in [2.24, 2.45) is 4.99 Å². The SMILES string of the molecule is CN1CCN(C(=O)CN=C=S)CC1. The highest BCUT2D eigenvalue weighted by molar-refractivity contribution is 7.78. The summed E-state index contributed by atoms with van der Waals surface area (Å²) in [6, 6.07) is 0. The van der Waals surface area contributed by atoms with Crippen molar-refractivity contribution in [3.8, 4) is 0 Å². The minimum Gasteiger partial charge on any atom is -0.338 e. The second-order valence-corrected chi connectivity index (χ2v) is 3.27. The van der Waals surface area contributed by atoms with Gasteiger partial charge in [-0.25, -0.2) is 4.99 Å². The van der Waals surface area contributed by atoms with Crippen LogP contribution in [-0.2, 0) is 4.79 Å². The van der Waals surface area contributed by atoms with Crippen LogP contribution in [0.4, 0.5) is 0 Å². The van der Waals surface area contributed by atoms with E-state index < -0.39 is 0 Å². The van der Waals surface area contributed by atoms with Gasteiger partial charge in [-0.1, -0.05) is 0 Å². The molecular formula is C8H13N3OS. The van der Waals surface area contributed by atoms with Crippen molar-refractivity contribution < 1.29 is 4.79 Å². The Bertz CT molecular complexity index is 230. The third-order valence-electron chi connectivity index (χ3n) is 2.13. The average molecular weight is 199 g/mol. The largest absolute Gasteiger partial charge is 0.338 e. The van der Waals surface area contributed by atoms with Crippen LogP contribution in [0.15, 0.2) is 4.99 Å². The van der Waals surface area contributed by atoms with Crippen LogP contribution < -0.4 is 0 Å². The fourth-order valence-electron chi connectivity index (χ4n) is 1.26. The molecule has 1 aliphatic heterocycles. The lowest BCUT2D eigenvalue weighted by Crippen LogP contribution is -2.47. The van der Waals surface area contributed by atoms with E-state index >= 15 is 0 Å². The Labute approximate surface area is 83.2 Å². The van der Waals surface area contributed by atoms with Crippen LogP contribution in [0.2, 0.25) is 0 Å². The molecule has 0 N–H and O–H groups in total. The molecule has 4 nitrogen and oxygen atoms in total. The first-order valence-corrected chi connectivity index (χ1v) is 4.65. The summed E-state index contributed by atoms with van der Waals surface area (Å²) in [7, 11) is 2.05. The fraction of sp³-hybridized carbons (Fsp3) is 0.750. The van der Waals surface area contributed by atoms with Crippen LogP contribution in [0.3, 0.4) is 0 Å². The van der Waals surface area contributed by atoms with Gasteiger partial charge in [-0.15, -0.1) is 0 Å². The van der Waals surface area contributed by atoms with Crippen molar-refractivity contribution in [1.82, 2.24) is 9.80 Å². The van der Waals surface area contributed by atoms with Gasteiger partial charge in [0.05, 0.1) is 5.16 Å². The molecule has 13 heavy (non-hydrogen) atoms. The van der Waals surface area contributed by atoms with Crippen molar-refractivity contribution in [3.05, 3.63) is 0 Å². The Hall–Kier alpha value is -0.770. The standard InChI is InChI=1S/C8H13N3OS/c1-10-2-4-11(5-3-10)8(12)6-9-7-13/h2-6H2,1H3. The lowest BCUT2D eigenvalue weighted by Gasteiger charge is -2.31. The van der Waals surface area contributed by atoms with Crippen LogP contribution >= 0.6 is 12.2 Å². The van der Waals surface area contributed by atoms with E-state index in [0.717, 1.165) is 26.2 Å². The molecule has 1 heterocycles. The highest BCUT2D eigenvalue weighted by atomic mass is 32.1. The topological polar surface area (TPSA) is 35.9 Å². The van der Waals surface area contributed by atoms with Gasteiger partial charge >= 0.3 is 0 Å². The zero-order valence-electron chi connectivity index (χ0n) is 7.69. The van der Waals surface area contributed by atoms with Crippen LogP contribution in [0.25, 0.3) is 0 Å². The number of amides is 1. The van der Waals surface area contributed by atoms with E-state index in [2.05, 4.69) is 34.3 Å². The normalized spacial score (nSPS) is 18.1. The number of isothiocyanates is 1. The fourth-order valence-corrected chi connectivity index (χ4v) is 1.32. The molecule has 0 aromatic carbocycles. The molecule has 0 saturated carbocycles. The van der Waals surface area contributed by atoms with Crippen molar-refractivity contribution in [2.45, 2.75) is 0 Å². The highest BCUT2D eigenvalue weighted by Crippen LogP contribution is 1.99. The number of likely N-dealkylation sites (N-methyl/N-ethyl adjacent to an activating group) is 1. The Morgan fingerprint density at radius 2 is 2.08 bits per heavy atom. The molecule has 1 fully saturated rings. The molecule has 1 rings (SSSR count). The van der Waals surface area contributed by atoms with Gasteiger partial charge in [-0.3, -0.25) is 4.79 Å². The van der Waals surface area contributed by atoms with Gasteiger partial charge in [0.2, 0.25) is 5.91 Å². The number of nitrogens with zero attached hydrogens (tertiary/aromatic N) is 3. The van der Waals surface area contributed by atoms with E-state index in [9.17, 15) is 4.79 Å². The Balaban J connectivity index is 2.35. The summed E-state index contributed by atoms with van der Waals surface area (Å²) in [5, 5.41) is 2.20. The Morgan fingerprint density at radius 3 is 2.62 bits per heavy atom. The molecule has 0 radical (unpaired) electrons. The smallest absolute Gasteiger partial charge is 0.245 e. The first kappa shape index (κ1) is 10.3. The first-order valence-electron chi connectivity index (χ1n) is 4.24. The summed E-state index contributed by atoms with van der Waals surface area (Å²) in [4.78, 5) is 19.0. The molecule has 5 heteroatoms. The number of piperazine rings is 1. The minimum absolute atomic E-state index is 0.0467. The minimum atomic E-state index is 0.0467. The maximum atomic E-state index is 11.4. The lowest BCUT2D eigenvalue weighted by atomic mass is 10.3. The number of carbonyl (C=O) groups is 1. The molecule has 1 amide bonds. The zero-order chi connectivity index (χ0) is 9.68. The monoisotopic (exact) mass is 199 g/mol. The van der Waals surface area contributed by atoms with Crippen LogP contribution in [0.1, 0.15) is 0 Å². The molecule has 1 saturated heterocycles. The molecule has 0 unspecified atom stereocenters. The molecule has 72 valence electrons. The quantitative estimate of drug-likeness (QED) is 0.459. The Morgan fingerprint density at radius 1 is 1.46 bits per heavy atom. The average Bonchev–Trinajstić information content (AvgIpc) is 2.15. The summed E-state index contributed by atoms with van der Waals surface area (Å²) >= 11 is 4.39. The van der Waals surface area contributed by atoms with Crippen LogP contribution in [-0.4, -0.2) is 60.6 Å². The van der Waals surface area contributed by atoms with Crippen molar-refractivity contribution in [3.63, 3.8) is 0 Å². The maximum Gasteiger partial charge on any atom is 0.245 e. The number of carbonyl (C=O) groups excluding carboxylic acids is 1. The summed E-state index contributed by atoms with van der Waals surface area (Å²) in [5.74, 6) is 0.0467. The molecular weight excluding hydrogens is 186 g/mol. The van der Waals surface area contributed by atoms with Gasteiger partial charge in [0.15, 0.2) is 0 Å². The number of rotatable bonds is 2. The third-order valence-corrected chi connectivity index (χ3v) is 2.26. The highest BCUT2D eigenvalue weighted by Gasteiger charge is 2.17. The number of aliphatic imine (C=N–C) groups is 1. The second kappa shape index (κ2) is 5.07. The molecule has 0 spiro atoms. The lowest BCUT2D eigenvalue weighted by molar-refractivity contribution is -0.131. The van der Waals surface area contributed by atoms with E-state index in [1.807, 2.05) is 4.90 Å². The molecule has 0 aromatic heterocycles. The summed E-state index contributed by atoms with van der Waals surface area (Å²) in [6.45, 7) is 3.61. The van der Waals surface area contributed by atoms with E-state index in [1.54, 1.807) is 0 Å². The Kier molecular flexibility index (Phi) is 4.02. The molecule has 0 bridgehead atoms. The molecule has 0 aliphatic carbocycles. The van der Waals surface area contributed by atoms with Crippen molar-refractivity contribution in [2.75, 3.05) is 39.8 Å². The third kappa shape index (κ3) is 3.22. The van der Waals surface area contributed by atoms with Gasteiger partial charge in [0.1, 0.15) is 6.54 Å². The summed E-state index contributed by atoms with van der Waals surface area (Å²) in [6.07, 6.45) is 0. The van der Waals surface area contributed by atoms with Crippen molar-refractivity contribution >= 4 is 23.3 Å². The molecule has 0 atom stereocenters.